The Kier molecular flexibility index (Phi) is 2.71. The van der Waals surface area contributed by atoms with Gasteiger partial charge in [-0.15, -0.1) is 0 Å². The summed E-state index contributed by atoms with van der Waals surface area (Å²) in [7, 11) is 1.36. The van der Waals surface area contributed by atoms with Crippen molar-refractivity contribution in [1.82, 2.24) is 2.78 Å². The zero-order chi connectivity index (χ0) is 11.9. The van der Waals surface area contributed by atoms with Gasteiger partial charge in [0.05, 0.1) is 35.4 Å². The van der Waals surface area contributed by atoms with Gasteiger partial charge in [0.1, 0.15) is 23.2 Å². The van der Waals surface area contributed by atoms with Crippen LogP contribution in [0, 0.1) is 23.0 Å². The van der Waals surface area contributed by atoms with Gasteiger partial charge in [-0.1, -0.05) is 0 Å². The maximum atomic E-state index is 13.8. The van der Waals surface area contributed by atoms with Crippen LogP contribution in [-0.4, -0.2) is 9.89 Å². The number of halogens is 3. The lowest BCUT2D eigenvalue weighted by molar-refractivity contribution is 0.417. The van der Waals surface area contributed by atoms with Gasteiger partial charge in [0.25, 0.3) is 0 Å². The van der Waals surface area contributed by atoms with Gasteiger partial charge < -0.3 is 4.74 Å². The third-order valence-electron chi connectivity index (χ3n) is 2.24. The number of ether oxygens (including phenoxy) is 1. The van der Waals surface area contributed by atoms with Crippen LogP contribution in [0.5, 0.6) is 5.75 Å². The van der Waals surface area contributed by atoms with Gasteiger partial charge in [-0.3, -0.25) is 2.78 Å². The van der Waals surface area contributed by atoms with E-state index < -0.39 is 11.6 Å². The Bertz CT molecular complexity index is 616. The quantitative estimate of drug-likeness (QED) is 0.752. The van der Waals surface area contributed by atoms with Gasteiger partial charge in [-0.05, 0) is 12.1 Å². The highest BCUT2D eigenvalue weighted by molar-refractivity contribution is 14.1. The van der Waals surface area contributed by atoms with Crippen LogP contribution in [0.1, 0.15) is 5.69 Å². The number of methoxy groups -OCH3 is 1. The molecule has 0 fully saturated rings. The van der Waals surface area contributed by atoms with E-state index in [1.54, 1.807) is 28.9 Å². The molecule has 0 unspecified atom stereocenters. The maximum absolute atomic E-state index is 13.8. The lowest BCUT2D eigenvalue weighted by atomic mass is 10.2. The number of hydrogen-bond donors (Lipinski definition) is 0. The minimum Gasteiger partial charge on any atom is -0.496 e. The highest BCUT2D eigenvalue weighted by atomic mass is 127. The SMILES string of the molecule is COc1ccc(F)c2c1c(F)c(C#N)n2I. The highest BCUT2D eigenvalue weighted by Gasteiger charge is 2.22. The number of fused-ring (bicyclic) bond motifs is 1. The van der Waals surface area contributed by atoms with E-state index in [0.717, 1.165) is 2.78 Å². The van der Waals surface area contributed by atoms with E-state index in [1.165, 1.54) is 19.2 Å². The number of aromatic nitrogens is 1. The number of nitriles is 1. The lowest BCUT2D eigenvalue weighted by Crippen LogP contribution is -1.88. The Morgan fingerprint density at radius 3 is 2.69 bits per heavy atom. The summed E-state index contributed by atoms with van der Waals surface area (Å²) in [4.78, 5) is 0. The number of hydrogen-bond acceptors (Lipinski definition) is 2. The van der Waals surface area contributed by atoms with Crippen molar-refractivity contribution in [2.45, 2.75) is 0 Å². The molecule has 1 aromatic carbocycles. The largest absolute Gasteiger partial charge is 0.496 e. The fraction of sp³-hybridized carbons (Fsp3) is 0.100. The Hall–Kier alpha value is -1.36. The van der Waals surface area contributed by atoms with Gasteiger partial charge in [0.2, 0.25) is 0 Å². The molecule has 0 bridgehead atoms. The molecule has 0 spiro atoms. The van der Waals surface area contributed by atoms with E-state index in [1.807, 2.05) is 0 Å². The first-order valence-corrected chi connectivity index (χ1v) is 5.21. The van der Waals surface area contributed by atoms with Gasteiger partial charge in [0.15, 0.2) is 11.5 Å². The summed E-state index contributed by atoms with van der Waals surface area (Å²) >= 11 is 1.68. The van der Waals surface area contributed by atoms with Crippen LogP contribution in [0.3, 0.4) is 0 Å². The summed E-state index contributed by atoms with van der Waals surface area (Å²) in [5.74, 6) is -1.14. The van der Waals surface area contributed by atoms with Gasteiger partial charge in [0, 0.05) is 0 Å². The zero-order valence-electron chi connectivity index (χ0n) is 8.09. The van der Waals surface area contributed by atoms with Gasteiger partial charge in [-0.25, -0.2) is 8.78 Å². The second kappa shape index (κ2) is 3.90. The summed E-state index contributed by atoms with van der Waals surface area (Å²) in [6.07, 6.45) is 0. The first-order chi connectivity index (χ1) is 7.61. The maximum Gasteiger partial charge on any atom is 0.171 e. The van der Waals surface area contributed by atoms with E-state index in [0.29, 0.717) is 0 Å². The van der Waals surface area contributed by atoms with Crippen LogP contribution in [-0.2, 0) is 0 Å². The standard InChI is InChI=1S/C10H5F2IN2O/c1-16-7-3-2-5(11)10-8(7)9(12)6(4-14)15(10)13/h2-3H,1H3. The molecule has 0 saturated carbocycles. The molecule has 0 aliphatic heterocycles. The topological polar surface area (TPSA) is 37.9 Å². The normalized spacial score (nSPS) is 10.4. The molecule has 16 heavy (non-hydrogen) atoms. The van der Waals surface area contributed by atoms with Crippen molar-refractivity contribution in [3.05, 3.63) is 29.5 Å². The van der Waals surface area contributed by atoms with E-state index in [2.05, 4.69) is 0 Å². The van der Waals surface area contributed by atoms with Crippen molar-refractivity contribution in [3.8, 4) is 11.8 Å². The minimum absolute atomic E-state index is 0.00606. The predicted molar refractivity (Wildman–Crippen MR) is 62.5 cm³/mol. The molecule has 0 N–H and O–H groups in total. The molecule has 2 rings (SSSR count). The van der Waals surface area contributed by atoms with Crippen LogP contribution >= 0.6 is 22.9 Å². The minimum atomic E-state index is -0.761. The summed E-state index contributed by atoms with van der Waals surface area (Å²) in [6, 6.07) is 4.20. The van der Waals surface area contributed by atoms with Crippen molar-refractivity contribution in [3.63, 3.8) is 0 Å². The Labute approximate surface area is 104 Å². The summed E-state index contributed by atoms with van der Waals surface area (Å²) in [5.41, 5.74) is -0.201. The number of nitrogens with zero attached hydrogens (tertiary/aromatic N) is 2. The second-order valence-corrected chi connectivity index (χ2v) is 3.99. The molecular formula is C10H5F2IN2O. The molecule has 1 aromatic heterocycles. The lowest BCUT2D eigenvalue weighted by Gasteiger charge is -2.02. The Balaban J connectivity index is 3.03. The van der Waals surface area contributed by atoms with Gasteiger partial charge in [-0.2, -0.15) is 5.26 Å². The van der Waals surface area contributed by atoms with Crippen LogP contribution in [0.15, 0.2) is 12.1 Å². The molecule has 3 nitrogen and oxygen atoms in total. The summed E-state index contributed by atoms with van der Waals surface area (Å²) in [6.45, 7) is 0. The van der Waals surface area contributed by atoms with Crippen LogP contribution in [0.25, 0.3) is 10.9 Å². The van der Waals surface area contributed by atoms with Gasteiger partial charge >= 0.3 is 0 Å². The third kappa shape index (κ3) is 1.35. The first-order valence-electron chi connectivity index (χ1n) is 4.24. The molecule has 0 saturated heterocycles. The zero-order valence-corrected chi connectivity index (χ0v) is 10.2. The molecule has 1 heterocycles. The molecule has 82 valence electrons. The molecule has 0 radical (unpaired) electrons. The average Bonchev–Trinajstić information content (AvgIpc) is 2.53. The molecule has 0 aliphatic rings. The van der Waals surface area contributed by atoms with E-state index >= 15 is 0 Å². The third-order valence-corrected chi connectivity index (χ3v) is 3.20. The van der Waals surface area contributed by atoms with Crippen molar-refractivity contribution >= 4 is 33.8 Å². The van der Waals surface area contributed by atoms with Crippen LogP contribution in [0.4, 0.5) is 8.78 Å². The number of benzene rings is 1. The molecule has 2 aromatic rings. The molecule has 0 aliphatic carbocycles. The van der Waals surface area contributed by atoms with Crippen molar-refractivity contribution in [2.24, 2.45) is 0 Å². The number of rotatable bonds is 1. The molecule has 0 atom stereocenters. The van der Waals surface area contributed by atoms with E-state index in [-0.39, 0.29) is 22.3 Å². The average molecular weight is 334 g/mol. The monoisotopic (exact) mass is 334 g/mol. The Morgan fingerprint density at radius 2 is 2.12 bits per heavy atom. The summed E-state index contributed by atoms with van der Waals surface area (Å²) < 4.78 is 33.5. The van der Waals surface area contributed by atoms with E-state index in [9.17, 15) is 8.78 Å². The summed E-state index contributed by atoms with van der Waals surface area (Å²) in [5, 5.41) is 8.77. The molecule has 6 heteroatoms. The van der Waals surface area contributed by atoms with E-state index in [4.69, 9.17) is 10.00 Å². The second-order valence-electron chi connectivity index (χ2n) is 3.03. The van der Waals surface area contributed by atoms with Crippen molar-refractivity contribution in [1.29, 1.82) is 5.26 Å². The Morgan fingerprint density at radius 1 is 1.44 bits per heavy atom. The fourth-order valence-electron chi connectivity index (χ4n) is 1.53. The fourth-order valence-corrected chi connectivity index (χ4v) is 2.32. The van der Waals surface area contributed by atoms with Crippen LogP contribution < -0.4 is 4.74 Å². The molecule has 0 amide bonds. The predicted octanol–water partition coefficient (Wildman–Crippen LogP) is 3.00. The van der Waals surface area contributed by atoms with Crippen molar-refractivity contribution in [2.75, 3.05) is 7.11 Å². The van der Waals surface area contributed by atoms with Crippen LogP contribution in [0.2, 0.25) is 0 Å². The molecular weight excluding hydrogens is 329 g/mol. The first kappa shape index (κ1) is 11.1. The highest BCUT2D eigenvalue weighted by Crippen LogP contribution is 2.35. The smallest absolute Gasteiger partial charge is 0.171 e. The van der Waals surface area contributed by atoms with Crippen molar-refractivity contribution < 1.29 is 13.5 Å².